The number of fused-ring (bicyclic) bond motifs is 1. The van der Waals surface area contributed by atoms with Crippen LogP contribution in [-0.2, 0) is 26.6 Å². The Morgan fingerprint density at radius 1 is 0.971 bits per heavy atom. The third kappa shape index (κ3) is 5.28. The number of aliphatic hydroxyl groups excluding tert-OH is 1. The van der Waals surface area contributed by atoms with Crippen LogP contribution in [0.5, 0.6) is 0 Å². The molecule has 1 N–H and O–H groups in total. The lowest BCUT2D eigenvalue weighted by atomic mass is 10.00. The molecule has 0 aliphatic carbocycles. The Kier molecular flexibility index (Phi) is 6.66. The average Bonchev–Trinajstić information content (AvgIpc) is 3.20. The highest BCUT2D eigenvalue weighted by Gasteiger charge is 2.30. The van der Waals surface area contributed by atoms with Crippen LogP contribution in [0.15, 0.2) is 65.7 Å². The normalized spacial score (nSPS) is 17.0. The van der Waals surface area contributed by atoms with Gasteiger partial charge in [-0.3, -0.25) is 14.7 Å². The molecule has 0 saturated carbocycles. The van der Waals surface area contributed by atoms with Crippen molar-refractivity contribution in [3.63, 3.8) is 0 Å². The molecule has 1 unspecified atom stereocenters. The lowest BCUT2D eigenvalue weighted by Gasteiger charge is -2.31. The van der Waals surface area contributed by atoms with E-state index in [1.807, 2.05) is 18.2 Å². The third-order valence-electron chi connectivity index (χ3n) is 6.89. The molecule has 3 aromatic rings. The van der Waals surface area contributed by atoms with Crippen LogP contribution in [-0.4, -0.2) is 74.2 Å². The summed E-state index contributed by atoms with van der Waals surface area (Å²) in [7, 11) is 1.71. The Hall–Kier alpha value is -3.49. The largest absolute Gasteiger partial charge is 0.390 e. The second kappa shape index (κ2) is 10.0. The van der Waals surface area contributed by atoms with E-state index in [0.717, 1.165) is 36.3 Å². The first-order chi connectivity index (χ1) is 17.0. The van der Waals surface area contributed by atoms with Crippen molar-refractivity contribution in [3.8, 4) is 11.3 Å². The predicted octanol–water partition coefficient (Wildman–Crippen LogP) is 2.10. The van der Waals surface area contributed by atoms with Crippen LogP contribution >= 0.6 is 0 Å². The fraction of sp³-hybridized carbons (Fsp3) is 0.370. The number of nitrogens with zero attached hydrogens (tertiary/aromatic N) is 5. The van der Waals surface area contributed by atoms with Gasteiger partial charge >= 0.3 is 6.03 Å². The van der Waals surface area contributed by atoms with Gasteiger partial charge in [-0.2, -0.15) is 0 Å². The van der Waals surface area contributed by atoms with E-state index >= 15 is 0 Å². The molecule has 8 heteroatoms. The summed E-state index contributed by atoms with van der Waals surface area (Å²) >= 11 is 0. The van der Waals surface area contributed by atoms with Crippen molar-refractivity contribution in [2.45, 2.75) is 25.6 Å². The zero-order chi connectivity index (χ0) is 24.4. The minimum absolute atomic E-state index is 0.0522. The van der Waals surface area contributed by atoms with E-state index in [2.05, 4.69) is 34.1 Å². The summed E-state index contributed by atoms with van der Waals surface area (Å²) in [5.74, 6) is 0. The molecule has 1 atom stereocenters. The lowest BCUT2D eigenvalue weighted by Crippen LogP contribution is -2.43. The summed E-state index contributed by atoms with van der Waals surface area (Å²) in [6.45, 7) is 4.37. The van der Waals surface area contributed by atoms with Gasteiger partial charge in [0.25, 0.3) is 5.56 Å². The second-order valence-electron chi connectivity index (χ2n) is 9.47. The van der Waals surface area contributed by atoms with Gasteiger partial charge in [0.05, 0.1) is 11.8 Å². The van der Waals surface area contributed by atoms with Gasteiger partial charge in [-0.15, -0.1) is 0 Å². The summed E-state index contributed by atoms with van der Waals surface area (Å²) in [5.41, 5.74) is 5.06. The van der Waals surface area contributed by atoms with Gasteiger partial charge in [0.15, 0.2) is 0 Å². The number of hydrogen-bond acceptors (Lipinski definition) is 5. The van der Waals surface area contributed by atoms with Crippen LogP contribution in [0.3, 0.4) is 0 Å². The van der Waals surface area contributed by atoms with Crippen molar-refractivity contribution in [2.24, 2.45) is 7.05 Å². The zero-order valence-electron chi connectivity index (χ0n) is 20.0. The molecule has 182 valence electrons. The Labute approximate surface area is 205 Å². The van der Waals surface area contributed by atoms with E-state index in [9.17, 15) is 14.7 Å². The molecular weight excluding hydrogens is 442 g/mol. The van der Waals surface area contributed by atoms with E-state index in [-0.39, 0.29) is 11.6 Å². The average molecular weight is 474 g/mol. The van der Waals surface area contributed by atoms with Crippen LogP contribution < -0.4 is 5.56 Å². The van der Waals surface area contributed by atoms with Gasteiger partial charge in [-0.05, 0) is 35.2 Å². The van der Waals surface area contributed by atoms with Crippen molar-refractivity contribution in [1.29, 1.82) is 0 Å². The highest BCUT2D eigenvalue weighted by atomic mass is 16.3. The molecule has 5 rings (SSSR count). The molecule has 4 heterocycles. The first kappa shape index (κ1) is 23.3. The predicted molar refractivity (Wildman–Crippen MR) is 134 cm³/mol. The molecule has 2 amide bonds. The monoisotopic (exact) mass is 473 g/mol. The summed E-state index contributed by atoms with van der Waals surface area (Å²) in [5, 5.41) is 10.7. The number of urea groups is 1. The highest BCUT2D eigenvalue weighted by molar-refractivity contribution is 5.76. The fourth-order valence-electron chi connectivity index (χ4n) is 4.89. The number of aryl methyl sites for hydroxylation is 1. The molecule has 0 spiro atoms. The van der Waals surface area contributed by atoms with Crippen molar-refractivity contribution in [3.05, 3.63) is 88.0 Å². The number of pyridine rings is 2. The Morgan fingerprint density at radius 3 is 2.54 bits per heavy atom. The van der Waals surface area contributed by atoms with Crippen molar-refractivity contribution in [2.75, 3.05) is 32.7 Å². The molecular formula is C27H31N5O3. The van der Waals surface area contributed by atoms with E-state index in [0.29, 0.717) is 32.7 Å². The number of carbonyl (C=O) groups excluding carboxylic acids is 1. The Bertz CT molecular complexity index is 1260. The topological polar surface area (TPSA) is 81.9 Å². The van der Waals surface area contributed by atoms with Crippen LogP contribution in [0.4, 0.5) is 4.79 Å². The summed E-state index contributed by atoms with van der Waals surface area (Å²) < 4.78 is 1.52. The number of aliphatic hydroxyl groups is 1. The van der Waals surface area contributed by atoms with Crippen molar-refractivity contribution < 1.29 is 9.90 Å². The number of amides is 2. The molecule has 1 saturated heterocycles. The van der Waals surface area contributed by atoms with E-state index < -0.39 is 6.10 Å². The molecule has 2 aliphatic heterocycles. The van der Waals surface area contributed by atoms with E-state index in [4.69, 9.17) is 0 Å². The minimum atomic E-state index is -0.580. The maximum atomic E-state index is 12.9. The number of rotatable bonds is 7. The van der Waals surface area contributed by atoms with E-state index in [1.54, 1.807) is 35.3 Å². The first-order valence-corrected chi connectivity index (χ1v) is 12.1. The van der Waals surface area contributed by atoms with Gasteiger partial charge in [-0.25, -0.2) is 4.79 Å². The molecule has 35 heavy (non-hydrogen) atoms. The highest BCUT2D eigenvalue weighted by Crippen LogP contribution is 2.20. The molecule has 1 aromatic carbocycles. The van der Waals surface area contributed by atoms with Crippen LogP contribution in [0, 0.1) is 0 Å². The minimum Gasteiger partial charge on any atom is -0.390 e. The molecule has 8 nitrogen and oxygen atoms in total. The van der Waals surface area contributed by atoms with Crippen LogP contribution in [0.1, 0.15) is 16.7 Å². The molecule has 2 aromatic heterocycles. The number of carbonyl (C=O) groups is 1. The van der Waals surface area contributed by atoms with E-state index in [1.165, 1.54) is 15.7 Å². The SMILES string of the molecule is Cn1ccc(-c2ccc(CN3CCN(CC(O)CN4CCc5ccccc5C4)C3=O)cn2)cc1=O. The Morgan fingerprint density at radius 2 is 1.77 bits per heavy atom. The number of hydrogen-bond donors (Lipinski definition) is 1. The van der Waals surface area contributed by atoms with Crippen LogP contribution in [0.25, 0.3) is 11.3 Å². The number of β-amino-alcohol motifs (C(OH)–C–C–N with tert-alkyl or cyclic N) is 1. The number of aromatic nitrogens is 2. The molecule has 1 fully saturated rings. The summed E-state index contributed by atoms with van der Waals surface area (Å²) in [6, 6.07) is 15.7. The molecule has 0 bridgehead atoms. The second-order valence-corrected chi connectivity index (χ2v) is 9.47. The third-order valence-corrected chi connectivity index (χ3v) is 6.89. The van der Waals surface area contributed by atoms with Crippen molar-refractivity contribution in [1.82, 2.24) is 24.3 Å². The van der Waals surface area contributed by atoms with Gasteiger partial charge < -0.3 is 19.5 Å². The summed E-state index contributed by atoms with van der Waals surface area (Å²) in [4.78, 5) is 35.1. The first-order valence-electron chi connectivity index (χ1n) is 12.1. The van der Waals surface area contributed by atoms with Gasteiger partial charge in [0, 0.05) is 76.9 Å². The molecule has 2 aliphatic rings. The van der Waals surface area contributed by atoms with Crippen molar-refractivity contribution >= 4 is 6.03 Å². The van der Waals surface area contributed by atoms with Gasteiger partial charge in [-0.1, -0.05) is 30.3 Å². The number of benzene rings is 1. The summed E-state index contributed by atoms with van der Waals surface area (Å²) in [6.07, 6.45) is 3.89. The van der Waals surface area contributed by atoms with Gasteiger partial charge in [0.2, 0.25) is 0 Å². The maximum Gasteiger partial charge on any atom is 0.320 e. The van der Waals surface area contributed by atoms with Gasteiger partial charge in [0.1, 0.15) is 0 Å². The maximum absolute atomic E-state index is 12.9. The fourth-order valence-corrected chi connectivity index (χ4v) is 4.89. The lowest BCUT2D eigenvalue weighted by molar-refractivity contribution is 0.0812. The molecule has 0 radical (unpaired) electrons. The zero-order valence-corrected chi connectivity index (χ0v) is 20.0. The standard InChI is InChI=1S/C27H31N5O3/c1-29-10-8-22(14-26(29)34)25-7-6-20(15-28-25)16-31-12-13-32(27(31)35)19-24(33)18-30-11-9-21-4-2-3-5-23(21)17-30/h2-8,10,14-15,24,33H,9,11-13,16-19H2,1H3. The smallest absolute Gasteiger partial charge is 0.320 e. The quantitative estimate of drug-likeness (QED) is 0.569. The Balaban J connectivity index is 1.13. The van der Waals surface area contributed by atoms with Crippen LogP contribution in [0.2, 0.25) is 0 Å².